The molecule has 1 aliphatic carbocycles. The van der Waals surface area contributed by atoms with Crippen LogP contribution in [0.3, 0.4) is 0 Å². The summed E-state index contributed by atoms with van der Waals surface area (Å²) >= 11 is 12.3. The third kappa shape index (κ3) is 5.09. The Balaban J connectivity index is 1.73. The highest BCUT2D eigenvalue weighted by atomic mass is 35.5. The highest BCUT2D eigenvalue weighted by Gasteiger charge is 2.21. The SMILES string of the molecule is O=C(O)c1cccc(C2=C(c3cc(Cl)ccc3OCc3ccc(Cl)cc3)CCCC2)n1. The molecular weight excluding hydrogens is 433 g/mol. The van der Waals surface area contributed by atoms with Crippen molar-refractivity contribution in [1.29, 1.82) is 0 Å². The number of carboxylic acid groups (broad SMARTS) is 1. The summed E-state index contributed by atoms with van der Waals surface area (Å²) in [6.07, 6.45) is 3.75. The molecule has 0 bridgehead atoms. The number of halogens is 2. The third-order valence-electron chi connectivity index (χ3n) is 5.32. The molecule has 1 heterocycles. The van der Waals surface area contributed by atoms with Gasteiger partial charge in [-0.1, -0.05) is 41.4 Å². The summed E-state index contributed by atoms with van der Waals surface area (Å²) < 4.78 is 6.17. The van der Waals surface area contributed by atoms with Crippen molar-refractivity contribution in [3.63, 3.8) is 0 Å². The molecular formula is C25H21Cl2NO3. The molecule has 4 rings (SSSR count). The molecule has 1 N–H and O–H groups in total. The van der Waals surface area contributed by atoms with Crippen LogP contribution in [-0.4, -0.2) is 16.1 Å². The maximum Gasteiger partial charge on any atom is 0.354 e. The minimum atomic E-state index is -1.03. The third-order valence-corrected chi connectivity index (χ3v) is 5.81. The summed E-state index contributed by atoms with van der Waals surface area (Å²) in [4.78, 5) is 15.8. The van der Waals surface area contributed by atoms with Crippen LogP contribution >= 0.6 is 23.2 Å². The van der Waals surface area contributed by atoms with Crippen LogP contribution in [0, 0.1) is 0 Å². The summed E-state index contributed by atoms with van der Waals surface area (Å²) in [6, 6.07) is 18.3. The molecule has 0 radical (unpaired) electrons. The van der Waals surface area contributed by atoms with Crippen molar-refractivity contribution in [1.82, 2.24) is 4.98 Å². The van der Waals surface area contributed by atoms with E-state index in [1.807, 2.05) is 48.5 Å². The van der Waals surface area contributed by atoms with Crippen molar-refractivity contribution < 1.29 is 14.6 Å². The number of allylic oxidation sites excluding steroid dienone is 2. The smallest absolute Gasteiger partial charge is 0.354 e. The maximum absolute atomic E-state index is 11.4. The van der Waals surface area contributed by atoms with Gasteiger partial charge >= 0.3 is 5.97 Å². The molecule has 0 fully saturated rings. The normalized spacial score (nSPS) is 13.9. The summed E-state index contributed by atoms with van der Waals surface area (Å²) in [5, 5.41) is 10.7. The van der Waals surface area contributed by atoms with Crippen molar-refractivity contribution in [2.24, 2.45) is 0 Å². The van der Waals surface area contributed by atoms with Gasteiger partial charge < -0.3 is 9.84 Å². The van der Waals surface area contributed by atoms with Crippen molar-refractivity contribution in [3.05, 3.63) is 93.2 Å². The minimum Gasteiger partial charge on any atom is -0.488 e. The summed E-state index contributed by atoms with van der Waals surface area (Å²) in [5.41, 5.74) is 4.83. The first-order valence-electron chi connectivity index (χ1n) is 10.1. The first-order chi connectivity index (χ1) is 15.0. The Morgan fingerprint density at radius 2 is 1.65 bits per heavy atom. The Bertz CT molecular complexity index is 1140. The summed E-state index contributed by atoms with van der Waals surface area (Å²) in [7, 11) is 0. The van der Waals surface area contributed by atoms with Crippen LogP contribution in [0.15, 0.2) is 60.7 Å². The van der Waals surface area contributed by atoms with Gasteiger partial charge in [0.2, 0.25) is 0 Å². The lowest BCUT2D eigenvalue weighted by atomic mass is 9.85. The molecule has 0 amide bonds. The summed E-state index contributed by atoms with van der Waals surface area (Å²) in [5.74, 6) is -0.294. The number of rotatable bonds is 6. The molecule has 31 heavy (non-hydrogen) atoms. The van der Waals surface area contributed by atoms with Crippen molar-refractivity contribution in [2.75, 3.05) is 0 Å². The van der Waals surface area contributed by atoms with Crippen LogP contribution in [0.1, 0.15) is 53.0 Å². The largest absolute Gasteiger partial charge is 0.488 e. The van der Waals surface area contributed by atoms with E-state index >= 15 is 0 Å². The molecule has 0 unspecified atom stereocenters. The maximum atomic E-state index is 11.4. The standard InChI is InChI=1S/C25H21Cl2NO3/c26-17-10-8-16(9-11-17)15-31-24-13-12-18(27)14-21(24)19-4-1-2-5-20(19)22-6-3-7-23(28-22)25(29)30/h3,6-14H,1-2,4-5,15H2,(H,29,30). The molecule has 1 aliphatic rings. The molecule has 0 saturated heterocycles. The number of pyridine rings is 1. The Morgan fingerprint density at radius 3 is 2.39 bits per heavy atom. The first kappa shape index (κ1) is 21.4. The van der Waals surface area contributed by atoms with Crippen LogP contribution in [0.25, 0.3) is 11.1 Å². The van der Waals surface area contributed by atoms with Gasteiger partial charge in [-0.3, -0.25) is 0 Å². The van der Waals surface area contributed by atoms with E-state index in [1.54, 1.807) is 6.07 Å². The van der Waals surface area contributed by atoms with Gasteiger partial charge in [0.15, 0.2) is 0 Å². The zero-order valence-corrected chi connectivity index (χ0v) is 18.3. The van der Waals surface area contributed by atoms with Gasteiger partial charge in [-0.25, -0.2) is 9.78 Å². The lowest BCUT2D eigenvalue weighted by Crippen LogP contribution is -2.06. The molecule has 4 nitrogen and oxygen atoms in total. The number of aromatic nitrogens is 1. The fraction of sp³-hybridized carbons (Fsp3) is 0.200. The lowest BCUT2D eigenvalue weighted by molar-refractivity contribution is 0.0690. The fourth-order valence-corrected chi connectivity index (χ4v) is 4.11. The molecule has 1 aromatic heterocycles. The van der Waals surface area contributed by atoms with Gasteiger partial charge in [0.25, 0.3) is 0 Å². The quantitative estimate of drug-likeness (QED) is 0.430. The molecule has 2 aromatic carbocycles. The van der Waals surface area contributed by atoms with Crippen LogP contribution in [0.4, 0.5) is 0 Å². The number of nitrogens with zero attached hydrogens (tertiary/aromatic N) is 1. The number of hydrogen-bond acceptors (Lipinski definition) is 3. The van der Waals surface area contributed by atoms with Crippen LogP contribution in [-0.2, 0) is 6.61 Å². The van der Waals surface area contributed by atoms with E-state index in [9.17, 15) is 9.90 Å². The van der Waals surface area contributed by atoms with Gasteiger partial charge in [0.05, 0.1) is 5.69 Å². The molecule has 0 aliphatic heterocycles. The van der Waals surface area contributed by atoms with E-state index in [4.69, 9.17) is 27.9 Å². The second-order valence-electron chi connectivity index (χ2n) is 7.43. The van der Waals surface area contributed by atoms with Crippen molar-refractivity contribution in [2.45, 2.75) is 32.3 Å². The van der Waals surface area contributed by atoms with Crippen LogP contribution in [0.5, 0.6) is 5.75 Å². The van der Waals surface area contributed by atoms with Crippen LogP contribution < -0.4 is 4.74 Å². The zero-order chi connectivity index (χ0) is 21.8. The lowest BCUT2D eigenvalue weighted by Gasteiger charge is -2.23. The van der Waals surface area contributed by atoms with Crippen molar-refractivity contribution in [3.8, 4) is 5.75 Å². The first-order valence-corrected chi connectivity index (χ1v) is 10.9. The predicted octanol–water partition coefficient (Wildman–Crippen LogP) is 7.15. The Hall–Kier alpha value is -2.82. The second kappa shape index (κ2) is 9.54. The molecule has 3 aromatic rings. The Kier molecular flexibility index (Phi) is 6.59. The number of aromatic carboxylic acids is 1. The van der Waals surface area contributed by atoms with E-state index < -0.39 is 5.97 Å². The van der Waals surface area contributed by atoms with E-state index in [2.05, 4.69) is 4.98 Å². The fourth-order valence-electron chi connectivity index (χ4n) is 3.81. The monoisotopic (exact) mass is 453 g/mol. The highest BCUT2D eigenvalue weighted by Crippen LogP contribution is 2.41. The van der Waals surface area contributed by atoms with Gasteiger partial charge in [-0.2, -0.15) is 0 Å². The Labute approximate surface area is 191 Å². The zero-order valence-electron chi connectivity index (χ0n) is 16.8. The van der Waals surface area contributed by atoms with Gasteiger partial charge in [-0.15, -0.1) is 0 Å². The second-order valence-corrected chi connectivity index (χ2v) is 8.31. The van der Waals surface area contributed by atoms with E-state index in [-0.39, 0.29) is 5.69 Å². The number of benzene rings is 2. The molecule has 6 heteroatoms. The van der Waals surface area contributed by atoms with Gasteiger partial charge in [-0.05, 0) is 84.9 Å². The van der Waals surface area contributed by atoms with E-state index in [0.717, 1.165) is 53.7 Å². The number of ether oxygens (including phenoxy) is 1. The highest BCUT2D eigenvalue weighted by molar-refractivity contribution is 6.31. The molecule has 0 saturated carbocycles. The Morgan fingerprint density at radius 1 is 0.935 bits per heavy atom. The van der Waals surface area contributed by atoms with E-state index in [1.165, 1.54) is 6.07 Å². The summed E-state index contributed by atoms with van der Waals surface area (Å²) in [6.45, 7) is 0.404. The minimum absolute atomic E-state index is 0.0419. The van der Waals surface area contributed by atoms with E-state index in [0.29, 0.717) is 22.3 Å². The van der Waals surface area contributed by atoms with Crippen molar-refractivity contribution >= 4 is 40.3 Å². The predicted molar refractivity (Wildman–Crippen MR) is 124 cm³/mol. The number of hydrogen-bond donors (Lipinski definition) is 1. The number of carboxylic acids is 1. The average molecular weight is 454 g/mol. The average Bonchev–Trinajstić information content (AvgIpc) is 2.79. The van der Waals surface area contributed by atoms with Gasteiger partial charge in [0.1, 0.15) is 18.1 Å². The molecule has 0 spiro atoms. The number of carbonyl (C=O) groups is 1. The van der Waals surface area contributed by atoms with Gasteiger partial charge in [0, 0.05) is 15.6 Å². The topological polar surface area (TPSA) is 59.4 Å². The molecule has 158 valence electrons. The van der Waals surface area contributed by atoms with Crippen LogP contribution in [0.2, 0.25) is 10.0 Å². The molecule has 0 atom stereocenters.